The fourth-order valence-electron chi connectivity index (χ4n) is 1.39. The van der Waals surface area contributed by atoms with Crippen LogP contribution in [0, 0.1) is 0 Å². The number of rotatable bonds is 4. The third kappa shape index (κ3) is 3.09. The van der Waals surface area contributed by atoms with Gasteiger partial charge in [0.2, 0.25) is 0 Å². The van der Waals surface area contributed by atoms with E-state index in [4.69, 9.17) is 16.0 Å². The van der Waals surface area contributed by atoms with Crippen LogP contribution in [0.2, 0.25) is 5.02 Å². The zero-order chi connectivity index (χ0) is 13.0. The summed E-state index contributed by atoms with van der Waals surface area (Å²) in [6, 6.07) is 6.33. The molecule has 2 rings (SSSR count). The quantitative estimate of drug-likeness (QED) is 0.885. The average Bonchev–Trinajstić information content (AvgIpc) is 2.89. The van der Waals surface area contributed by atoms with Crippen molar-refractivity contribution in [3.8, 4) is 0 Å². The molecule has 5 nitrogen and oxygen atoms in total. The van der Waals surface area contributed by atoms with Crippen molar-refractivity contribution >= 4 is 17.5 Å². The first-order valence-corrected chi connectivity index (χ1v) is 5.66. The number of aromatic nitrogens is 1. The summed E-state index contributed by atoms with van der Waals surface area (Å²) >= 11 is 5.75. The molecule has 0 aliphatic carbocycles. The van der Waals surface area contributed by atoms with E-state index in [2.05, 4.69) is 10.3 Å². The van der Waals surface area contributed by atoms with Gasteiger partial charge in [-0.2, -0.15) is 0 Å². The number of carbonyl (C=O) groups is 1. The van der Waals surface area contributed by atoms with Crippen LogP contribution in [0.1, 0.15) is 22.4 Å². The number of carbonyl (C=O) groups excluding carboxylic acids is 1. The summed E-state index contributed by atoms with van der Waals surface area (Å²) in [5, 5.41) is 12.7. The second kappa shape index (κ2) is 5.66. The number of halogens is 1. The Morgan fingerprint density at radius 3 is 3.06 bits per heavy atom. The van der Waals surface area contributed by atoms with Crippen LogP contribution in [-0.2, 0) is 0 Å². The number of nitrogens with one attached hydrogen (secondary N) is 1. The number of nitrogens with zero attached hydrogens (tertiary/aromatic N) is 1. The third-order valence-corrected chi connectivity index (χ3v) is 2.52. The van der Waals surface area contributed by atoms with Crippen LogP contribution in [0.5, 0.6) is 0 Å². The lowest BCUT2D eigenvalue weighted by Gasteiger charge is -2.09. The maximum absolute atomic E-state index is 11.7. The molecule has 0 saturated carbocycles. The lowest BCUT2D eigenvalue weighted by Crippen LogP contribution is -2.28. The van der Waals surface area contributed by atoms with Crippen LogP contribution < -0.4 is 5.32 Å². The van der Waals surface area contributed by atoms with Crippen molar-refractivity contribution in [2.45, 2.75) is 6.10 Å². The first-order chi connectivity index (χ1) is 8.66. The lowest BCUT2D eigenvalue weighted by atomic mass is 10.2. The van der Waals surface area contributed by atoms with Gasteiger partial charge in [0.25, 0.3) is 5.91 Å². The van der Waals surface area contributed by atoms with Gasteiger partial charge in [-0.05, 0) is 24.3 Å². The zero-order valence-electron chi connectivity index (χ0n) is 9.34. The normalized spacial score (nSPS) is 12.1. The molecule has 94 valence electrons. The Bertz CT molecular complexity index is 528. The highest BCUT2D eigenvalue weighted by molar-refractivity contribution is 6.30. The van der Waals surface area contributed by atoms with E-state index >= 15 is 0 Å². The van der Waals surface area contributed by atoms with E-state index < -0.39 is 12.0 Å². The van der Waals surface area contributed by atoms with Gasteiger partial charge in [-0.25, -0.2) is 0 Å². The summed E-state index contributed by atoms with van der Waals surface area (Å²) in [6.45, 7) is 0.0422. The number of amides is 1. The smallest absolute Gasteiger partial charge is 0.270 e. The molecular weight excluding hydrogens is 256 g/mol. The number of furan rings is 1. The largest absolute Gasteiger partial charge is 0.467 e. The van der Waals surface area contributed by atoms with Crippen molar-refractivity contribution < 1.29 is 14.3 Å². The number of aliphatic hydroxyl groups is 1. The predicted molar refractivity (Wildman–Crippen MR) is 65.2 cm³/mol. The van der Waals surface area contributed by atoms with Crippen molar-refractivity contribution in [1.29, 1.82) is 0 Å². The van der Waals surface area contributed by atoms with Crippen LogP contribution in [0.4, 0.5) is 0 Å². The summed E-state index contributed by atoms with van der Waals surface area (Å²) < 4.78 is 5.01. The molecular formula is C12H11ClN2O3. The van der Waals surface area contributed by atoms with Crippen LogP contribution in [0.15, 0.2) is 41.1 Å². The molecule has 0 fully saturated rings. The Labute approximate surface area is 108 Å². The second-order valence-corrected chi connectivity index (χ2v) is 4.04. The van der Waals surface area contributed by atoms with Crippen molar-refractivity contribution in [1.82, 2.24) is 10.3 Å². The van der Waals surface area contributed by atoms with E-state index in [0.717, 1.165) is 0 Å². The van der Waals surface area contributed by atoms with Gasteiger partial charge in [-0.1, -0.05) is 11.6 Å². The highest BCUT2D eigenvalue weighted by Crippen LogP contribution is 2.12. The van der Waals surface area contributed by atoms with Gasteiger partial charge in [-0.3, -0.25) is 9.78 Å². The molecule has 2 aromatic heterocycles. The maximum atomic E-state index is 11.7. The minimum absolute atomic E-state index is 0.0422. The number of hydrogen-bond acceptors (Lipinski definition) is 4. The van der Waals surface area contributed by atoms with Crippen LogP contribution in [-0.4, -0.2) is 22.5 Å². The fraction of sp³-hybridized carbons (Fsp3) is 0.167. The van der Waals surface area contributed by atoms with E-state index in [1.807, 2.05) is 0 Å². The van der Waals surface area contributed by atoms with Crippen LogP contribution in [0.25, 0.3) is 0 Å². The predicted octanol–water partition coefficient (Wildman–Crippen LogP) is 1.79. The number of hydrogen-bond donors (Lipinski definition) is 2. The Kier molecular flexibility index (Phi) is 3.96. The van der Waals surface area contributed by atoms with Crippen LogP contribution >= 0.6 is 11.6 Å². The molecule has 1 amide bonds. The minimum Gasteiger partial charge on any atom is -0.467 e. The summed E-state index contributed by atoms with van der Waals surface area (Å²) in [4.78, 5) is 15.6. The van der Waals surface area contributed by atoms with Gasteiger partial charge in [0, 0.05) is 11.2 Å². The Morgan fingerprint density at radius 1 is 1.56 bits per heavy atom. The molecule has 0 bridgehead atoms. The molecule has 0 aliphatic rings. The number of pyridine rings is 1. The van der Waals surface area contributed by atoms with Crippen molar-refractivity contribution in [2.24, 2.45) is 0 Å². The molecule has 0 saturated heterocycles. The summed E-state index contributed by atoms with van der Waals surface area (Å²) in [7, 11) is 0. The molecule has 2 aromatic rings. The molecule has 0 radical (unpaired) electrons. The summed E-state index contributed by atoms with van der Waals surface area (Å²) in [5.74, 6) is -0.00235. The van der Waals surface area contributed by atoms with Gasteiger partial charge in [0.05, 0.1) is 12.8 Å². The van der Waals surface area contributed by atoms with Gasteiger partial charge < -0.3 is 14.8 Å². The zero-order valence-corrected chi connectivity index (χ0v) is 10.1. The molecule has 6 heteroatoms. The minimum atomic E-state index is -0.886. The lowest BCUT2D eigenvalue weighted by molar-refractivity contribution is 0.0896. The molecule has 2 N–H and O–H groups in total. The molecule has 0 aliphatic heterocycles. The highest BCUT2D eigenvalue weighted by atomic mass is 35.5. The average molecular weight is 267 g/mol. The van der Waals surface area contributed by atoms with Crippen molar-refractivity contribution in [2.75, 3.05) is 6.54 Å². The van der Waals surface area contributed by atoms with Gasteiger partial charge in [0.15, 0.2) is 0 Å². The van der Waals surface area contributed by atoms with E-state index in [1.54, 1.807) is 18.2 Å². The van der Waals surface area contributed by atoms with Crippen LogP contribution in [0.3, 0.4) is 0 Å². The molecule has 2 heterocycles. The molecule has 1 atom stereocenters. The molecule has 0 spiro atoms. The topological polar surface area (TPSA) is 75.4 Å². The summed E-state index contributed by atoms with van der Waals surface area (Å²) in [6.07, 6.45) is 2.02. The third-order valence-electron chi connectivity index (χ3n) is 2.28. The Balaban J connectivity index is 1.92. The molecule has 0 aromatic carbocycles. The van der Waals surface area contributed by atoms with E-state index in [-0.39, 0.29) is 12.2 Å². The standard InChI is InChI=1S/C12H11ClN2O3/c13-8-3-4-14-9(6-8)12(17)15-7-10(16)11-2-1-5-18-11/h1-6,10,16H,7H2,(H,15,17). The van der Waals surface area contributed by atoms with E-state index in [9.17, 15) is 9.90 Å². The van der Waals surface area contributed by atoms with Gasteiger partial charge in [0.1, 0.15) is 17.6 Å². The van der Waals surface area contributed by atoms with Gasteiger partial charge >= 0.3 is 0 Å². The second-order valence-electron chi connectivity index (χ2n) is 3.60. The first-order valence-electron chi connectivity index (χ1n) is 5.28. The fourth-order valence-corrected chi connectivity index (χ4v) is 1.55. The first kappa shape index (κ1) is 12.6. The van der Waals surface area contributed by atoms with Crippen molar-refractivity contribution in [3.05, 3.63) is 53.2 Å². The van der Waals surface area contributed by atoms with Crippen molar-refractivity contribution in [3.63, 3.8) is 0 Å². The summed E-state index contributed by atoms with van der Waals surface area (Å²) in [5.41, 5.74) is 0.203. The Hall–Kier alpha value is -1.85. The monoisotopic (exact) mass is 266 g/mol. The number of aliphatic hydroxyl groups excluding tert-OH is 1. The molecule has 18 heavy (non-hydrogen) atoms. The van der Waals surface area contributed by atoms with E-state index in [0.29, 0.717) is 10.8 Å². The highest BCUT2D eigenvalue weighted by Gasteiger charge is 2.13. The van der Waals surface area contributed by atoms with Gasteiger partial charge in [-0.15, -0.1) is 0 Å². The van der Waals surface area contributed by atoms with E-state index in [1.165, 1.54) is 18.5 Å². The SMILES string of the molecule is O=C(NCC(O)c1ccco1)c1cc(Cl)ccn1. The molecule has 1 unspecified atom stereocenters. The Morgan fingerprint density at radius 2 is 2.39 bits per heavy atom. The maximum Gasteiger partial charge on any atom is 0.270 e.